The van der Waals surface area contributed by atoms with E-state index in [0.29, 0.717) is 5.84 Å². The van der Waals surface area contributed by atoms with Crippen LogP contribution in [0, 0.1) is 0 Å². The number of rotatable bonds is 4. The van der Waals surface area contributed by atoms with E-state index in [-0.39, 0.29) is 6.17 Å². The number of furan rings is 1. The molecule has 0 spiro atoms. The third kappa shape index (κ3) is 4.91. The number of benzene rings is 9. The molecule has 0 bridgehead atoms. The standard InChI is InChI=1S/C51H31N3OS/c1-3-12-33-27-36(21-19-30(33)9-1)49-52-50(37-22-20-31-10-2-4-13-34(31)28-37)54-51(53-49)41-17-8-18-43-46(41)40-16-7-15-39(48(40)55-43)35-24-25-44-42(29-35)47-38-14-6-5-11-32(38)23-26-45(47)56-44/h1-29,49H,(H,52,53,54). The second-order valence-corrected chi connectivity index (χ2v) is 15.6. The van der Waals surface area contributed by atoms with Crippen molar-refractivity contribution in [1.82, 2.24) is 5.32 Å². The summed E-state index contributed by atoms with van der Waals surface area (Å²) in [5.41, 5.74) is 6.88. The molecular weight excluding hydrogens is 703 g/mol. The Morgan fingerprint density at radius 2 is 1.16 bits per heavy atom. The lowest BCUT2D eigenvalue weighted by molar-refractivity contribution is 0.669. The number of para-hydroxylation sites is 1. The number of hydrogen-bond donors (Lipinski definition) is 1. The van der Waals surface area contributed by atoms with Gasteiger partial charge in [-0.05, 0) is 79.8 Å². The molecule has 5 heteroatoms. The highest BCUT2D eigenvalue weighted by Gasteiger charge is 2.25. The van der Waals surface area contributed by atoms with Crippen LogP contribution in [0.2, 0.25) is 0 Å². The number of thiophene rings is 1. The summed E-state index contributed by atoms with van der Waals surface area (Å²) in [6, 6.07) is 62.7. The maximum absolute atomic E-state index is 6.82. The average Bonchev–Trinajstić information content (AvgIpc) is 3.84. The Balaban J connectivity index is 1.04. The lowest BCUT2D eigenvalue weighted by Gasteiger charge is -2.24. The van der Waals surface area contributed by atoms with Crippen molar-refractivity contribution >= 4 is 97.4 Å². The van der Waals surface area contributed by atoms with E-state index in [1.54, 1.807) is 0 Å². The van der Waals surface area contributed by atoms with Gasteiger partial charge in [0.1, 0.15) is 23.2 Å². The highest BCUT2D eigenvalue weighted by molar-refractivity contribution is 7.26. The molecule has 11 aromatic rings. The Morgan fingerprint density at radius 3 is 2.04 bits per heavy atom. The van der Waals surface area contributed by atoms with E-state index in [0.717, 1.165) is 61.0 Å². The molecule has 0 radical (unpaired) electrons. The van der Waals surface area contributed by atoms with E-state index in [9.17, 15) is 0 Å². The van der Waals surface area contributed by atoms with Gasteiger partial charge in [-0.3, -0.25) is 0 Å². The molecule has 1 unspecified atom stereocenters. The smallest absolute Gasteiger partial charge is 0.160 e. The fourth-order valence-electron chi connectivity index (χ4n) is 8.58. The number of nitrogens with zero attached hydrogens (tertiary/aromatic N) is 2. The summed E-state index contributed by atoms with van der Waals surface area (Å²) in [5.74, 6) is 1.45. The molecule has 0 saturated heterocycles. The van der Waals surface area contributed by atoms with Gasteiger partial charge in [0, 0.05) is 47.6 Å². The summed E-state index contributed by atoms with van der Waals surface area (Å²) in [6.07, 6.45) is -0.346. The predicted octanol–water partition coefficient (Wildman–Crippen LogP) is 13.6. The van der Waals surface area contributed by atoms with Gasteiger partial charge in [-0.25, -0.2) is 9.98 Å². The molecule has 262 valence electrons. The molecule has 0 saturated carbocycles. The SMILES string of the molecule is c1ccc2cc(C3=NC(c4cccc5oc6c(-c7ccc8sc9ccc%10ccccc%10c9c8c7)cccc6c45)=NC(c4ccc5ccccc5c4)N3)ccc2c1. The summed E-state index contributed by atoms with van der Waals surface area (Å²) < 4.78 is 9.41. The molecule has 0 aliphatic carbocycles. The Kier molecular flexibility index (Phi) is 6.83. The molecule has 0 amide bonds. The average molecular weight is 734 g/mol. The molecule has 4 nitrogen and oxygen atoms in total. The Labute approximate surface area is 325 Å². The quantitative estimate of drug-likeness (QED) is 0.196. The topological polar surface area (TPSA) is 49.9 Å². The summed E-state index contributed by atoms with van der Waals surface area (Å²) in [5, 5.41) is 15.6. The fourth-order valence-corrected chi connectivity index (χ4v) is 9.68. The number of amidine groups is 2. The van der Waals surface area contributed by atoms with Gasteiger partial charge >= 0.3 is 0 Å². The van der Waals surface area contributed by atoms with Crippen LogP contribution in [-0.4, -0.2) is 11.7 Å². The van der Waals surface area contributed by atoms with Gasteiger partial charge < -0.3 is 9.73 Å². The molecule has 0 fully saturated rings. The van der Waals surface area contributed by atoms with E-state index in [1.165, 1.54) is 47.1 Å². The first-order valence-electron chi connectivity index (χ1n) is 18.9. The summed E-state index contributed by atoms with van der Waals surface area (Å²) in [7, 11) is 0. The molecular formula is C51H31N3OS. The number of nitrogens with one attached hydrogen (secondary N) is 1. The normalized spacial score (nSPS) is 14.6. The minimum Gasteiger partial charge on any atom is -0.455 e. The van der Waals surface area contributed by atoms with Crippen molar-refractivity contribution in [2.45, 2.75) is 6.17 Å². The van der Waals surface area contributed by atoms with Gasteiger partial charge in [-0.1, -0.05) is 140 Å². The molecule has 1 N–H and O–H groups in total. The van der Waals surface area contributed by atoms with Crippen LogP contribution in [0.5, 0.6) is 0 Å². The first kappa shape index (κ1) is 31.3. The number of fused-ring (bicyclic) bond motifs is 10. The van der Waals surface area contributed by atoms with Crippen molar-refractivity contribution in [1.29, 1.82) is 0 Å². The summed E-state index contributed by atoms with van der Waals surface area (Å²) >= 11 is 1.85. The van der Waals surface area contributed by atoms with Crippen LogP contribution in [0.15, 0.2) is 190 Å². The molecule has 3 heterocycles. The predicted molar refractivity (Wildman–Crippen MR) is 236 cm³/mol. The van der Waals surface area contributed by atoms with E-state index in [4.69, 9.17) is 14.4 Å². The van der Waals surface area contributed by atoms with Crippen molar-refractivity contribution in [3.05, 3.63) is 193 Å². The number of aliphatic imine (C=N–C) groups is 2. The van der Waals surface area contributed by atoms with Crippen LogP contribution in [0.4, 0.5) is 0 Å². The second-order valence-electron chi connectivity index (χ2n) is 14.6. The van der Waals surface area contributed by atoms with Gasteiger partial charge in [-0.2, -0.15) is 0 Å². The lowest BCUT2D eigenvalue weighted by atomic mass is 9.98. The van der Waals surface area contributed by atoms with Crippen molar-refractivity contribution < 1.29 is 4.42 Å². The lowest BCUT2D eigenvalue weighted by Crippen LogP contribution is -2.33. The fraction of sp³-hybridized carbons (Fsp3) is 0.0196. The van der Waals surface area contributed by atoms with E-state index in [1.807, 2.05) is 11.3 Å². The zero-order chi connectivity index (χ0) is 36.7. The van der Waals surface area contributed by atoms with Crippen LogP contribution in [0.25, 0.3) is 85.6 Å². The Morgan fingerprint density at radius 1 is 0.482 bits per heavy atom. The number of hydrogen-bond acceptors (Lipinski definition) is 5. The largest absolute Gasteiger partial charge is 0.455 e. The Bertz CT molecular complexity index is 3480. The van der Waals surface area contributed by atoms with Gasteiger partial charge in [0.25, 0.3) is 0 Å². The molecule has 9 aromatic carbocycles. The highest BCUT2D eigenvalue weighted by atomic mass is 32.1. The maximum atomic E-state index is 6.82. The van der Waals surface area contributed by atoms with Crippen molar-refractivity contribution in [3.8, 4) is 11.1 Å². The molecule has 1 atom stereocenters. The first-order valence-corrected chi connectivity index (χ1v) is 19.7. The molecule has 12 rings (SSSR count). The van der Waals surface area contributed by atoms with Gasteiger partial charge in [0.05, 0.1) is 0 Å². The van der Waals surface area contributed by atoms with Crippen LogP contribution >= 0.6 is 11.3 Å². The second kappa shape index (κ2) is 12.2. The molecule has 1 aliphatic heterocycles. The van der Waals surface area contributed by atoms with E-state index < -0.39 is 0 Å². The first-order chi connectivity index (χ1) is 27.7. The maximum Gasteiger partial charge on any atom is 0.160 e. The summed E-state index contributed by atoms with van der Waals surface area (Å²) in [6.45, 7) is 0. The summed E-state index contributed by atoms with van der Waals surface area (Å²) in [4.78, 5) is 10.6. The highest BCUT2D eigenvalue weighted by Crippen LogP contribution is 2.43. The van der Waals surface area contributed by atoms with Crippen molar-refractivity contribution in [2.75, 3.05) is 0 Å². The van der Waals surface area contributed by atoms with E-state index in [2.05, 4.69) is 181 Å². The van der Waals surface area contributed by atoms with E-state index >= 15 is 0 Å². The van der Waals surface area contributed by atoms with Crippen molar-refractivity contribution in [2.24, 2.45) is 9.98 Å². The third-order valence-corrected chi connectivity index (χ3v) is 12.4. The van der Waals surface area contributed by atoms with Crippen molar-refractivity contribution in [3.63, 3.8) is 0 Å². The third-order valence-electron chi connectivity index (χ3n) is 11.3. The van der Waals surface area contributed by atoms with Crippen LogP contribution in [-0.2, 0) is 0 Å². The zero-order valence-electron chi connectivity index (χ0n) is 30.0. The molecule has 1 aliphatic rings. The minimum atomic E-state index is -0.346. The minimum absolute atomic E-state index is 0.346. The van der Waals surface area contributed by atoms with Crippen LogP contribution in [0.1, 0.15) is 22.9 Å². The van der Waals surface area contributed by atoms with Crippen LogP contribution in [0.3, 0.4) is 0 Å². The monoisotopic (exact) mass is 733 g/mol. The zero-order valence-corrected chi connectivity index (χ0v) is 30.8. The van der Waals surface area contributed by atoms with Gasteiger partial charge in [0.15, 0.2) is 5.84 Å². The van der Waals surface area contributed by atoms with Gasteiger partial charge in [0.2, 0.25) is 0 Å². The van der Waals surface area contributed by atoms with Gasteiger partial charge in [-0.15, -0.1) is 11.3 Å². The molecule has 2 aromatic heterocycles. The molecule has 56 heavy (non-hydrogen) atoms. The Hall–Kier alpha value is -7.08. The van der Waals surface area contributed by atoms with Crippen LogP contribution < -0.4 is 5.32 Å².